The van der Waals surface area contributed by atoms with Crippen LogP contribution in [0.3, 0.4) is 0 Å². The van der Waals surface area contributed by atoms with Gasteiger partial charge in [0.1, 0.15) is 0 Å². The number of rotatable bonds is 3. The van der Waals surface area contributed by atoms with Crippen molar-refractivity contribution in [2.75, 3.05) is 20.2 Å². The fraction of sp³-hybridized carbons (Fsp3) is 0.467. The van der Waals surface area contributed by atoms with E-state index in [0.29, 0.717) is 41.5 Å². The Hall–Kier alpha value is -1.26. The molecule has 1 amide bonds. The summed E-state index contributed by atoms with van der Waals surface area (Å²) in [6, 6.07) is 5.19. The van der Waals surface area contributed by atoms with Crippen LogP contribution in [0.4, 0.5) is 0 Å². The number of esters is 1. The predicted molar refractivity (Wildman–Crippen MR) is 81.5 cm³/mol. The van der Waals surface area contributed by atoms with Gasteiger partial charge in [-0.2, -0.15) is 0 Å². The zero-order chi connectivity index (χ0) is 15.4. The number of halogens is 2. The number of methoxy groups -OCH3 is 1. The van der Waals surface area contributed by atoms with Gasteiger partial charge in [0.25, 0.3) is 0 Å². The van der Waals surface area contributed by atoms with Crippen molar-refractivity contribution < 1.29 is 14.3 Å². The third-order valence-corrected chi connectivity index (χ3v) is 4.48. The SMILES string of the molecule is COC(=O)C1CCN(C(=O)Cc2c(Cl)cccc2Cl)CC1. The minimum absolute atomic E-state index is 0.0201. The van der Waals surface area contributed by atoms with Gasteiger partial charge < -0.3 is 9.64 Å². The first-order valence-corrected chi connectivity index (χ1v) is 7.57. The lowest BCUT2D eigenvalue weighted by molar-refractivity contribution is -0.148. The zero-order valence-electron chi connectivity index (χ0n) is 11.8. The van der Waals surface area contributed by atoms with E-state index in [4.69, 9.17) is 27.9 Å². The van der Waals surface area contributed by atoms with Crippen LogP contribution in [0.25, 0.3) is 0 Å². The number of piperidine rings is 1. The van der Waals surface area contributed by atoms with Crippen LogP contribution < -0.4 is 0 Å². The Kier molecular flexibility index (Phi) is 5.48. The molecule has 0 radical (unpaired) electrons. The molecule has 1 saturated heterocycles. The quantitative estimate of drug-likeness (QED) is 0.801. The molecule has 0 aliphatic carbocycles. The van der Waals surface area contributed by atoms with Crippen LogP contribution >= 0.6 is 23.2 Å². The van der Waals surface area contributed by atoms with Crippen molar-refractivity contribution in [1.82, 2.24) is 4.90 Å². The molecule has 0 unspecified atom stereocenters. The molecule has 0 spiro atoms. The summed E-state index contributed by atoms with van der Waals surface area (Å²) in [5, 5.41) is 1.00. The summed E-state index contributed by atoms with van der Waals surface area (Å²) in [6.45, 7) is 1.11. The first kappa shape index (κ1) is 16.1. The Morgan fingerprint density at radius 2 is 1.81 bits per heavy atom. The molecule has 114 valence electrons. The second-order valence-electron chi connectivity index (χ2n) is 5.06. The Morgan fingerprint density at radius 3 is 2.33 bits per heavy atom. The van der Waals surface area contributed by atoms with Crippen molar-refractivity contribution in [2.45, 2.75) is 19.3 Å². The number of benzene rings is 1. The monoisotopic (exact) mass is 329 g/mol. The maximum absolute atomic E-state index is 12.3. The molecule has 4 nitrogen and oxygen atoms in total. The number of carbonyl (C=O) groups is 2. The largest absolute Gasteiger partial charge is 0.469 e. The molecule has 1 aromatic rings. The van der Waals surface area contributed by atoms with Crippen LogP contribution in [0, 0.1) is 5.92 Å². The van der Waals surface area contributed by atoms with E-state index >= 15 is 0 Å². The highest BCUT2D eigenvalue weighted by Gasteiger charge is 2.28. The molecule has 1 fully saturated rings. The molecular formula is C15H17Cl2NO3. The van der Waals surface area contributed by atoms with Crippen LogP contribution in [0.1, 0.15) is 18.4 Å². The van der Waals surface area contributed by atoms with Crippen LogP contribution in [0.5, 0.6) is 0 Å². The van der Waals surface area contributed by atoms with E-state index in [9.17, 15) is 9.59 Å². The molecule has 1 aliphatic heterocycles. The molecule has 0 bridgehead atoms. The molecule has 1 aliphatic rings. The van der Waals surface area contributed by atoms with Gasteiger partial charge in [0.15, 0.2) is 0 Å². The van der Waals surface area contributed by atoms with E-state index < -0.39 is 0 Å². The molecule has 6 heteroatoms. The second-order valence-corrected chi connectivity index (χ2v) is 5.87. The molecule has 21 heavy (non-hydrogen) atoms. The summed E-state index contributed by atoms with van der Waals surface area (Å²) < 4.78 is 4.74. The Morgan fingerprint density at radius 1 is 1.24 bits per heavy atom. The lowest BCUT2D eigenvalue weighted by Crippen LogP contribution is -2.41. The second kappa shape index (κ2) is 7.14. The number of hydrogen-bond donors (Lipinski definition) is 0. The topological polar surface area (TPSA) is 46.6 Å². The Labute approximate surface area is 134 Å². The summed E-state index contributed by atoms with van der Waals surface area (Å²) in [4.78, 5) is 25.5. The molecule has 0 N–H and O–H groups in total. The van der Waals surface area contributed by atoms with E-state index in [-0.39, 0.29) is 24.2 Å². The number of carbonyl (C=O) groups excluding carboxylic acids is 2. The van der Waals surface area contributed by atoms with Crippen LogP contribution in [-0.4, -0.2) is 37.0 Å². The van der Waals surface area contributed by atoms with Gasteiger partial charge in [0, 0.05) is 23.1 Å². The highest BCUT2D eigenvalue weighted by Crippen LogP contribution is 2.26. The van der Waals surface area contributed by atoms with Gasteiger partial charge in [-0.15, -0.1) is 0 Å². The van der Waals surface area contributed by atoms with Crippen molar-refractivity contribution in [3.8, 4) is 0 Å². The molecule has 0 atom stereocenters. The summed E-state index contributed by atoms with van der Waals surface area (Å²) in [7, 11) is 1.39. The van der Waals surface area contributed by atoms with E-state index in [1.807, 2.05) is 0 Å². The maximum Gasteiger partial charge on any atom is 0.308 e. The number of ether oxygens (including phenoxy) is 1. The van der Waals surface area contributed by atoms with Gasteiger partial charge in [0.05, 0.1) is 19.4 Å². The molecule has 0 saturated carbocycles. The molecule has 2 rings (SSSR count). The highest BCUT2D eigenvalue weighted by molar-refractivity contribution is 6.36. The molecule has 1 heterocycles. The fourth-order valence-electron chi connectivity index (χ4n) is 2.50. The van der Waals surface area contributed by atoms with Gasteiger partial charge in [-0.05, 0) is 30.5 Å². The van der Waals surface area contributed by atoms with Gasteiger partial charge in [-0.25, -0.2) is 0 Å². The average molecular weight is 330 g/mol. The van der Waals surface area contributed by atoms with E-state index in [1.54, 1.807) is 23.1 Å². The summed E-state index contributed by atoms with van der Waals surface area (Å²) in [6.07, 6.45) is 1.45. The first-order chi connectivity index (χ1) is 10.0. The van der Waals surface area contributed by atoms with Crippen LogP contribution in [0.2, 0.25) is 10.0 Å². The van der Waals surface area contributed by atoms with Gasteiger partial charge >= 0.3 is 5.97 Å². The van der Waals surface area contributed by atoms with Crippen molar-refractivity contribution >= 4 is 35.1 Å². The minimum Gasteiger partial charge on any atom is -0.469 e. The molecular weight excluding hydrogens is 313 g/mol. The lowest BCUT2D eigenvalue weighted by Gasteiger charge is -2.31. The fourth-order valence-corrected chi connectivity index (χ4v) is 3.03. The van der Waals surface area contributed by atoms with E-state index in [0.717, 1.165) is 0 Å². The number of nitrogens with zero attached hydrogens (tertiary/aromatic N) is 1. The lowest BCUT2D eigenvalue weighted by atomic mass is 9.96. The molecule has 1 aromatic carbocycles. The van der Waals surface area contributed by atoms with Crippen LogP contribution in [0.15, 0.2) is 18.2 Å². The minimum atomic E-state index is -0.198. The zero-order valence-corrected chi connectivity index (χ0v) is 13.3. The van der Waals surface area contributed by atoms with Gasteiger partial charge in [-0.1, -0.05) is 29.3 Å². The third-order valence-electron chi connectivity index (χ3n) is 3.77. The summed E-state index contributed by atoms with van der Waals surface area (Å²) in [5.41, 5.74) is 0.654. The number of hydrogen-bond acceptors (Lipinski definition) is 3. The summed E-state index contributed by atoms with van der Waals surface area (Å²) >= 11 is 12.2. The Balaban J connectivity index is 1.95. The normalized spacial score (nSPS) is 15.9. The smallest absolute Gasteiger partial charge is 0.308 e. The average Bonchev–Trinajstić information content (AvgIpc) is 2.50. The van der Waals surface area contributed by atoms with Gasteiger partial charge in [-0.3, -0.25) is 9.59 Å². The Bertz CT molecular complexity index is 519. The van der Waals surface area contributed by atoms with Crippen molar-refractivity contribution in [3.05, 3.63) is 33.8 Å². The molecule has 0 aromatic heterocycles. The highest BCUT2D eigenvalue weighted by atomic mass is 35.5. The predicted octanol–water partition coefficient (Wildman–Crippen LogP) is 2.95. The van der Waals surface area contributed by atoms with Crippen molar-refractivity contribution in [3.63, 3.8) is 0 Å². The van der Waals surface area contributed by atoms with Crippen molar-refractivity contribution in [1.29, 1.82) is 0 Å². The standard InChI is InChI=1S/C15H17Cl2NO3/c1-21-15(20)10-5-7-18(8-6-10)14(19)9-11-12(16)3-2-4-13(11)17/h2-4,10H,5-9H2,1H3. The first-order valence-electron chi connectivity index (χ1n) is 6.81. The number of amides is 1. The maximum atomic E-state index is 12.3. The number of likely N-dealkylation sites (tertiary alicyclic amines) is 1. The summed E-state index contributed by atoms with van der Waals surface area (Å²) in [5.74, 6) is -0.326. The third kappa shape index (κ3) is 3.89. The van der Waals surface area contributed by atoms with E-state index in [1.165, 1.54) is 7.11 Å². The van der Waals surface area contributed by atoms with Gasteiger partial charge in [0.2, 0.25) is 5.91 Å². The van der Waals surface area contributed by atoms with Crippen LogP contribution in [-0.2, 0) is 20.7 Å². The van der Waals surface area contributed by atoms with E-state index in [2.05, 4.69) is 0 Å². The van der Waals surface area contributed by atoms with Crippen molar-refractivity contribution in [2.24, 2.45) is 5.92 Å².